The maximum atomic E-state index is 13.0. The zero-order valence-electron chi connectivity index (χ0n) is 16.6. The molecule has 1 heterocycles. The summed E-state index contributed by atoms with van der Waals surface area (Å²) in [5.74, 6) is -2.88. The van der Waals surface area contributed by atoms with E-state index in [-0.39, 0.29) is 12.5 Å². The normalized spacial score (nSPS) is 18.4. The summed E-state index contributed by atoms with van der Waals surface area (Å²) in [5.41, 5.74) is 6.47. The standard InChI is InChI=1S/C21H31N3O5/c22-11-5-4-9-17(19(25)24-12-6-10-18(24)21(28)29)23-14-16(20(26)27)13-15-7-2-1-3-8-15/h1-3,7-8,16-18,23H,4-6,9-14,22H2,(H,26,27)(H,28,29). The van der Waals surface area contributed by atoms with Crippen LogP contribution in [-0.4, -0.2) is 64.7 Å². The Morgan fingerprint density at radius 3 is 2.52 bits per heavy atom. The van der Waals surface area contributed by atoms with Crippen LogP contribution in [-0.2, 0) is 20.8 Å². The number of carboxylic acid groups (broad SMARTS) is 2. The fourth-order valence-corrected chi connectivity index (χ4v) is 3.72. The van der Waals surface area contributed by atoms with Gasteiger partial charge < -0.3 is 26.2 Å². The van der Waals surface area contributed by atoms with Crippen molar-refractivity contribution in [3.05, 3.63) is 35.9 Å². The van der Waals surface area contributed by atoms with E-state index in [0.717, 1.165) is 12.0 Å². The molecule has 1 aliphatic rings. The molecule has 8 nitrogen and oxygen atoms in total. The molecule has 0 saturated carbocycles. The van der Waals surface area contributed by atoms with Crippen molar-refractivity contribution in [3.63, 3.8) is 0 Å². The summed E-state index contributed by atoms with van der Waals surface area (Å²) < 4.78 is 0. The zero-order chi connectivity index (χ0) is 21.2. The molecule has 160 valence electrons. The number of carboxylic acids is 2. The SMILES string of the molecule is NCCCCC(NCC(Cc1ccccc1)C(=O)O)C(=O)N1CCCC1C(=O)O. The summed E-state index contributed by atoms with van der Waals surface area (Å²) >= 11 is 0. The molecule has 0 aromatic heterocycles. The molecular weight excluding hydrogens is 374 g/mol. The monoisotopic (exact) mass is 405 g/mol. The van der Waals surface area contributed by atoms with Crippen LogP contribution in [0, 0.1) is 5.92 Å². The van der Waals surface area contributed by atoms with Crippen LogP contribution < -0.4 is 11.1 Å². The van der Waals surface area contributed by atoms with Crippen molar-refractivity contribution in [2.75, 3.05) is 19.6 Å². The van der Waals surface area contributed by atoms with Gasteiger partial charge in [0.15, 0.2) is 0 Å². The smallest absolute Gasteiger partial charge is 0.326 e. The minimum Gasteiger partial charge on any atom is -0.481 e. The van der Waals surface area contributed by atoms with Crippen molar-refractivity contribution < 1.29 is 24.6 Å². The highest BCUT2D eigenvalue weighted by Gasteiger charge is 2.37. The number of aliphatic carboxylic acids is 2. The van der Waals surface area contributed by atoms with Crippen LogP contribution in [0.25, 0.3) is 0 Å². The van der Waals surface area contributed by atoms with Crippen LogP contribution in [0.5, 0.6) is 0 Å². The number of rotatable bonds is 12. The lowest BCUT2D eigenvalue weighted by Gasteiger charge is -2.28. The Hall–Kier alpha value is -2.45. The summed E-state index contributed by atoms with van der Waals surface area (Å²) in [7, 11) is 0. The average Bonchev–Trinajstić information content (AvgIpc) is 3.20. The molecule has 0 spiro atoms. The largest absolute Gasteiger partial charge is 0.481 e. The fourth-order valence-electron chi connectivity index (χ4n) is 3.72. The van der Waals surface area contributed by atoms with Crippen molar-refractivity contribution in [3.8, 4) is 0 Å². The number of nitrogens with zero attached hydrogens (tertiary/aromatic N) is 1. The Morgan fingerprint density at radius 2 is 1.90 bits per heavy atom. The van der Waals surface area contributed by atoms with Gasteiger partial charge in [0.2, 0.25) is 5.91 Å². The lowest BCUT2D eigenvalue weighted by molar-refractivity contribution is -0.149. The van der Waals surface area contributed by atoms with Crippen LogP contribution in [0.1, 0.15) is 37.7 Å². The number of hydrogen-bond donors (Lipinski definition) is 4. The Morgan fingerprint density at radius 1 is 1.17 bits per heavy atom. The van der Waals surface area contributed by atoms with E-state index in [9.17, 15) is 24.6 Å². The van der Waals surface area contributed by atoms with Gasteiger partial charge in [-0.1, -0.05) is 36.8 Å². The van der Waals surface area contributed by atoms with E-state index in [1.165, 1.54) is 4.90 Å². The number of amides is 1. The van der Waals surface area contributed by atoms with Gasteiger partial charge in [-0.25, -0.2) is 4.79 Å². The molecule has 1 fully saturated rings. The number of nitrogens with one attached hydrogen (secondary N) is 1. The molecule has 5 N–H and O–H groups in total. The molecule has 2 rings (SSSR count). The number of carbonyl (C=O) groups is 3. The second-order valence-electron chi connectivity index (χ2n) is 7.50. The molecule has 8 heteroatoms. The second-order valence-corrected chi connectivity index (χ2v) is 7.50. The van der Waals surface area contributed by atoms with Crippen LogP contribution in [0.15, 0.2) is 30.3 Å². The van der Waals surface area contributed by atoms with Gasteiger partial charge in [-0.15, -0.1) is 0 Å². The predicted molar refractivity (Wildman–Crippen MR) is 108 cm³/mol. The molecule has 1 aromatic rings. The highest BCUT2D eigenvalue weighted by molar-refractivity contribution is 5.87. The Labute approximate surface area is 171 Å². The lowest BCUT2D eigenvalue weighted by atomic mass is 9.98. The van der Waals surface area contributed by atoms with Crippen LogP contribution in [0.4, 0.5) is 0 Å². The highest BCUT2D eigenvalue weighted by atomic mass is 16.4. The van der Waals surface area contributed by atoms with E-state index in [0.29, 0.717) is 45.2 Å². The predicted octanol–water partition coefficient (Wildman–Crippen LogP) is 1.09. The maximum Gasteiger partial charge on any atom is 0.326 e. The van der Waals surface area contributed by atoms with E-state index in [1.807, 2.05) is 30.3 Å². The molecule has 1 aliphatic heterocycles. The van der Waals surface area contributed by atoms with Crippen molar-refractivity contribution in [2.45, 2.75) is 50.6 Å². The number of likely N-dealkylation sites (tertiary alicyclic amines) is 1. The molecule has 1 saturated heterocycles. The van der Waals surface area contributed by atoms with E-state index in [2.05, 4.69) is 5.32 Å². The Balaban J connectivity index is 2.04. The zero-order valence-corrected chi connectivity index (χ0v) is 16.6. The average molecular weight is 405 g/mol. The van der Waals surface area contributed by atoms with Crippen LogP contribution >= 0.6 is 0 Å². The van der Waals surface area contributed by atoms with Gasteiger partial charge in [0.05, 0.1) is 12.0 Å². The van der Waals surface area contributed by atoms with Crippen molar-refractivity contribution >= 4 is 17.8 Å². The third kappa shape index (κ3) is 6.83. The molecular formula is C21H31N3O5. The van der Waals surface area contributed by atoms with Gasteiger partial charge in [-0.05, 0) is 44.2 Å². The Bertz CT molecular complexity index is 682. The molecule has 0 bridgehead atoms. The third-order valence-corrected chi connectivity index (χ3v) is 5.35. The molecule has 3 atom stereocenters. The minimum atomic E-state index is -0.996. The number of benzene rings is 1. The van der Waals surface area contributed by atoms with Gasteiger partial charge in [-0.2, -0.15) is 0 Å². The number of carbonyl (C=O) groups excluding carboxylic acids is 1. The summed E-state index contributed by atoms with van der Waals surface area (Å²) in [6.07, 6.45) is 3.42. The molecule has 0 radical (unpaired) electrons. The fraction of sp³-hybridized carbons (Fsp3) is 0.571. The summed E-state index contributed by atoms with van der Waals surface area (Å²) in [5, 5.41) is 22.1. The molecule has 0 aliphatic carbocycles. The molecule has 1 aromatic carbocycles. The lowest BCUT2D eigenvalue weighted by Crippen LogP contribution is -2.51. The van der Waals surface area contributed by atoms with Crippen molar-refractivity contribution in [1.82, 2.24) is 10.2 Å². The first-order valence-corrected chi connectivity index (χ1v) is 10.2. The number of nitrogens with two attached hydrogens (primary N) is 1. The second kappa shape index (κ2) is 11.5. The summed E-state index contributed by atoms with van der Waals surface area (Å²) in [4.78, 5) is 37.6. The van der Waals surface area contributed by atoms with Crippen molar-refractivity contribution in [2.24, 2.45) is 11.7 Å². The van der Waals surface area contributed by atoms with Gasteiger partial charge in [0, 0.05) is 13.1 Å². The van der Waals surface area contributed by atoms with E-state index >= 15 is 0 Å². The van der Waals surface area contributed by atoms with E-state index in [4.69, 9.17) is 5.73 Å². The first-order chi connectivity index (χ1) is 13.9. The molecule has 1 amide bonds. The first kappa shape index (κ1) is 22.8. The molecule has 29 heavy (non-hydrogen) atoms. The van der Waals surface area contributed by atoms with Crippen LogP contribution in [0.2, 0.25) is 0 Å². The third-order valence-electron chi connectivity index (χ3n) is 5.35. The number of unbranched alkanes of at least 4 members (excludes halogenated alkanes) is 1. The van der Waals surface area contributed by atoms with Gasteiger partial charge in [0.25, 0.3) is 0 Å². The van der Waals surface area contributed by atoms with E-state index in [1.54, 1.807) is 0 Å². The minimum absolute atomic E-state index is 0.134. The summed E-state index contributed by atoms with van der Waals surface area (Å²) in [6.45, 7) is 1.06. The van der Waals surface area contributed by atoms with Gasteiger partial charge >= 0.3 is 11.9 Å². The topological polar surface area (TPSA) is 133 Å². The maximum absolute atomic E-state index is 13.0. The van der Waals surface area contributed by atoms with E-state index < -0.39 is 29.9 Å². The quantitative estimate of drug-likeness (QED) is 0.383. The first-order valence-electron chi connectivity index (χ1n) is 10.2. The van der Waals surface area contributed by atoms with Crippen LogP contribution in [0.3, 0.4) is 0 Å². The van der Waals surface area contributed by atoms with Gasteiger partial charge in [-0.3, -0.25) is 9.59 Å². The van der Waals surface area contributed by atoms with Crippen molar-refractivity contribution in [1.29, 1.82) is 0 Å². The molecule has 3 unspecified atom stereocenters. The highest BCUT2D eigenvalue weighted by Crippen LogP contribution is 2.20. The Kier molecular flexibility index (Phi) is 9.08. The van der Waals surface area contributed by atoms with Gasteiger partial charge in [0.1, 0.15) is 6.04 Å². The number of hydrogen-bond acceptors (Lipinski definition) is 5. The summed E-state index contributed by atoms with van der Waals surface area (Å²) in [6, 6.07) is 7.93.